The van der Waals surface area contributed by atoms with Gasteiger partial charge in [-0.15, -0.1) is 0 Å². The lowest BCUT2D eigenvalue weighted by Crippen LogP contribution is -2.19. The minimum absolute atomic E-state index is 0.322. The van der Waals surface area contributed by atoms with Gasteiger partial charge in [0.2, 0.25) is 0 Å². The molecule has 0 spiro atoms. The lowest BCUT2D eigenvalue weighted by atomic mass is 10.0. The van der Waals surface area contributed by atoms with Crippen molar-refractivity contribution in [1.82, 2.24) is 0 Å². The molecule has 0 bridgehead atoms. The Bertz CT molecular complexity index is 828. The molecule has 26 heavy (non-hydrogen) atoms. The second kappa shape index (κ2) is 8.97. The summed E-state index contributed by atoms with van der Waals surface area (Å²) in [5.74, 6) is -0.367. The van der Waals surface area contributed by atoms with Crippen LogP contribution in [0.1, 0.15) is 24.2 Å². The third-order valence-corrected chi connectivity index (χ3v) is 4.06. The second-order valence-electron chi connectivity index (χ2n) is 5.92. The van der Waals surface area contributed by atoms with Crippen LogP contribution in [-0.4, -0.2) is 12.6 Å². The smallest absolute Gasteiger partial charge is 0.339 e. The monoisotopic (exact) mass is 346 g/mol. The summed E-state index contributed by atoms with van der Waals surface area (Å²) in [5.41, 5.74) is 3.95. The van der Waals surface area contributed by atoms with Crippen LogP contribution >= 0.6 is 0 Å². The highest BCUT2D eigenvalue weighted by Gasteiger charge is 2.23. The van der Waals surface area contributed by atoms with E-state index in [1.807, 2.05) is 84.9 Å². The predicted molar refractivity (Wildman–Crippen MR) is 102 cm³/mol. The minimum atomic E-state index is -0.751. The van der Waals surface area contributed by atoms with Crippen molar-refractivity contribution in [3.63, 3.8) is 0 Å². The maximum atomic E-state index is 12.5. The number of rotatable bonds is 7. The van der Waals surface area contributed by atoms with Gasteiger partial charge in [0.05, 0.1) is 13.2 Å². The number of hydrogen-bond acceptors (Lipinski definition) is 3. The summed E-state index contributed by atoms with van der Waals surface area (Å²) in [4.78, 5) is 12.5. The Morgan fingerprint density at radius 2 is 1.50 bits per heavy atom. The maximum Gasteiger partial charge on any atom is 0.339 e. The molecule has 0 aliphatic heterocycles. The van der Waals surface area contributed by atoms with Gasteiger partial charge >= 0.3 is 5.97 Å². The molecule has 3 heteroatoms. The number of esters is 1. The van der Waals surface area contributed by atoms with E-state index in [2.05, 4.69) is 0 Å². The van der Waals surface area contributed by atoms with Crippen molar-refractivity contribution in [2.75, 3.05) is 6.61 Å². The minimum Gasteiger partial charge on any atom is -0.464 e. The molecule has 3 rings (SSSR count). The summed E-state index contributed by atoms with van der Waals surface area (Å²) in [6, 6.07) is 27.7. The topological polar surface area (TPSA) is 35.5 Å². The van der Waals surface area contributed by atoms with Crippen molar-refractivity contribution < 1.29 is 14.3 Å². The predicted octanol–water partition coefficient (Wildman–Crippen LogP) is 5.17. The highest BCUT2D eigenvalue weighted by molar-refractivity contribution is 5.77. The Kier molecular flexibility index (Phi) is 6.18. The van der Waals surface area contributed by atoms with E-state index in [9.17, 15) is 4.79 Å². The van der Waals surface area contributed by atoms with E-state index in [1.54, 1.807) is 6.92 Å². The summed E-state index contributed by atoms with van der Waals surface area (Å²) in [7, 11) is 0. The summed E-state index contributed by atoms with van der Waals surface area (Å²) in [6.07, 6.45) is -0.751. The van der Waals surface area contributed by atoms with Crippen LogP contribution in [0.2, 0.25) is 0 Å². The first-order valence-electron chi connectivity index (χ1n) is 8.75. The van der Waals surface area contributed by atoms with E-state index < -0.39 is 6.10 Å². The zero-order valence-electron chi connectivity index (χ0n) is 14.8. The van der Waals surface area contributed by atoms with Crippen molar-refractivity contribution in [3.05, 3.63) is 96.1 Å². The van der Waals surface area contributed by atoms with E-state index in [-0.39, 0.29) is 5.97 Å². The van der Waals surface area contributed by atoms with Crippen LogP contribution in [0.15, 0.2) is 84.9 Å². The van der Waals surface area contributed by atoms with Crippen LogP contribution in [0.25, 0.3) is 11.1 Å². The summed E-state index contributed by atoms with van der Waals surface area (Å²) in [6.45, 7) is 2.47. The molecule has 0 N–H and O–H groups in total. The molecule has 0 aromatic heterocycles. The Morgan fingerprint density at radius 1 is 0.846 bits per heavy atom. The van der Waals surface area contributed by atoms with Gasteiger partial charge in [0.1, 0.15) is 0 Å². The lowest BCUT2D eigenvalue weighted by Gasteiger charge is -2.18. The van der Waals surface area contributed by atoms with Gasteiger partial charge in [0, 0.05) is 0 Å². The molecule has 0 radical (unpaired) electrons. The molecule has 0 saturated carbocycles. The van der Waals surface area contributed by atoms with Gasteiger partial charge in [-0.05, 0) is 35.2 Å². The molecule has 0 fully saturated rings. The molecule has 1 unspecified atom stereocenters. The third kappa shape index (κ3) is 4.58. The summed E-state index contributed by atoms with van der Waals surface area (Å²) >= 11 is 0. The SMILES string of the molecule is CCOC(=O)C(OCc1ccccc1)c1cccc(-c2ccccc2)c1. The summed E-state index contributed by atoms with van der Waals surface area (Å²) < 4.78 is 11.2. The van der Waals surface area contributed by atoms with Crippen molar-refractivity contribution in [1.29, 1.82) is 0 Å². The average Bonchev–Trinajstić information content (AvgIpc) is 2.70. The van der Waals surface area contributed by atoms with Gasteiger partial charge in [-0.3, -0.25) is 0 Å². The van der Waals surface area contributed by atoms with Crippen molar-refractivity contribution in [3.8, 4) is 11.1 Å². The fraction of sp³-hybridized carbons (Fsp3) is 0.174. The van der Waals surface area contributed by atoms with Gasteiger partial charge in [-0.2, -0.15) is 0 Å². The molecule has 0 amide bonds. The molecule has 3 nitrogen and oxygen atoms in total. The van der Waals surface area contributed by atoms with Crippen LogP contribution in [0.4, 0.5) is 0 Å². The van der Waals surface area contributed by atoms with E-state index >= 15 is 0 Å². The largest absolute Gasteiger partial charge is 0.464 e. The molecule has 0 heterocycles. The number of benzene rings is 3. The second-order valence-corrected chi connectivity index (χ2v) is 5.92. The Labute approximate surface area is 154 Å². The lowest BCUT2D eigenvalue weighted by molar-refractivity contribution is -0.158. The van der Waals surface area contributed by atoms with Gasteiger partial charge in [-0.1, -0.05) is 78.9 Å². The van der Waals surface area contributed by atoms with Gasteiger partial charge in [0.25, 0.3) is 0 Å². The van der Waals surface area contributed by atoms with E-state index in [4.69, 9.17) is 9.47 Å². The number of hydrogen-bond donors (Lipinski definition) is 0. The molecule has 132 valence electrons. The molecule has 0 aliphatic carbocycles. The normalized spacial score (nSPS) is 11.7. The van der Waals surface area contributed by atoms with Crippen molar-refractivity contribution in [2.45, 2.75) is 19.6 Å². The average molecular weight is 346 g/mol. The van der Waals surface area contributed by atoms with Crippen LogP contribution in [0.5, 0.6) is 0 Å². The van der Waals surface area contributed by atoms with E-state index in [0.29, 0.717) is 13.2 Å². The highest BCUT2D eigenvalue weighted by Crippen LogP contribution is 2.26. The van der Waals surface area contributed by atoms with Crippen LogP contribution in [-0.2, 0) is 20.9 Å². The number of carbonyl (C=O) groups is 1. The maximum absolute atomic E-state index is 12.5. The highest BCUT2D eigenvalue weighted by atomic mass is 16.6. The molecule has 3 aromatic carbocycles. The van der Waals surface area contributed by atoms with Crippen molar-refractivity contribution >= 4 is 5.97 Å². The fourth-order valence-electron chi connectivity index (χ4n) is 2.78. The van der Waals surface area contributed by atoms with Gasteiger partial charge in [-0.25, -0.2) is 4.79 Å². The quantitative estimate of drug-likeness (QED) is 0.553. The molecular weight excluding hydrogens is 324 g/mol. The molecular formula is C23H22O3. The van der Waals surface area contributed by atoms with E-state index in [1.165, 1.54) is 0 Å². The van der Waals surface area contributed by atoms with Crippen LogP contribution in [0, 0.1) is 0 Å². The van der Waals surface area contributed by atoms with E-state index in [0.717, 1.165) is 22.3 Å². The first-order valence-corrected chi connectivity index (χ1v) is 8.75. The Morgan fingerprint density at radius 3 is 2.19 bits per heavy atom. The first-order chi connectivity index (χ1) is 12.8. The standard InChI is InChI=1S/C23H22O3/c1-2-25-23(24)22(26-17-18-10-5-3-6-11-18)21-15-9-14-20(16-21)19-12-7-4-8-13-19/h3-16,22H,2,17H2,1H3. The Hall–Kier alpha value is -2.91. The molecule has 1 atom stereocenters. The van der Waals surface area contributed by atoms with Crippen LogP contribution in [0.3, 0.4) is 0 Å². The molecule has 0 saturated heterocycles. The zero-order chi connectivity index (χ0) is 18.2. The number of carbonyl (C=O) groups excluding carboxylic acids is 1. The molecule has 3 aromatic rings. The van der Waals surface area contributed by atoms with Crippen LogP contribution < -0.4 is 0 Å². The first kappa shape index (κ1) is 17.9. The number of ether oxygens (including phenoxy) is 2. The summed E-state index contributed by atoms with van der Waals surface area (Å²) in [5, 5.41) is 0. The van der Waals surface area contributed by atoms with Gasteiger partial charge < -0.3 is 9.47 Å². The zero-order valence-corrected chi connectivity index (χ0v) is 14.8. The fourth-order valence-corrected chi connectivity index (χ4v) is 2.78. The van der Waals surface area contributed by atoms with Gasteiger partial charge in [0.15, 0.2) is 6.10 Å². The molecule has 0 aliphatic rings. The van der Waals surface area contributed by atoms with Crippen molar-refractivity contribution in [2.24, 2.45) is 0 Å². The third-order valence-electron chi connectivity index (χ3n) is 4.06. The Balaban J connectivity index is 1.85.